The highest BCUT2D eigenvalue weighted by Gasteiger charge is 2.16. The van der Waals surface area contributed by atoms with E-state index in [1.165, 1.54) is 49.2 Å². The number of benzene rings is 4. The fourth-order valence-corrected chi connectivity index (χ4v) is 4.55. The number of nitro benzene ring substituents is 1. The summed E-state index contributed by atoms with van der Waals surface area (Å²) in [6, 6.07) is 27.2. The first kappa shape index (κ1) is 31.2. The Kier molecular flexibility index (Phi) is 10.6. The number of nitrogens with one attached hydrogen (secondary N) is 3. The second-order valence-electron chi connectivity index (χ2n) is 9.08. The lowest BCUT2D eigenvalue weighted by atomic mass is 10.1. The maximum Gasteiger partial charge on any atom is 0.339 e. The number of hydrogen-bond donors (Lipinski definition) is 3. The lowest BCUT2D eigenvalue weighted by molar-refractivity contribution is -0.384. The van der Waals surface area contributed by atoms with Crippen LogP contribution in [0.5, 0.6) is 0 Å². The van der Waals surface area contributed by atoms with Crippen LogP contribution >= 0.6 is 11.8 Å². The first-order chi connectivity index (χ1) is 21.2. The van der Waals surface area contributed by atoms with Crippen molar-refractivity contribution in [1.82, 2.24) is 5.32 Å². The summed E-state index contributed by atoms with van der Waals surface area (Å²) in [5, 5.41) is 19.1. The van der Waals surface area contributed by atoms with E-state index in [-0.39, 0.29) is 28.6 Å². The van der Waals surface area contributed by atoms with Gasteiger partial charge in [-0.3, -0.25) is 24.5 Å². The number of carbonyl (C=O) groups is 4. The summed E-state index contributed by atoms with van der Waals surface area (Å²) in [7, 11) is 1.26. The van der Waals surface area contributed by atoms with Crippen LogP contribution in [-0.2, 0) is 14.3 Å². The fraction of sp³-hybridized carbons (Fsp3) is 0.0625. The Labute approximate surface area is 256 Å². The van der Waals surface area contributed by atoms with E-state index in [1.54, 1.807) is 78.9 Å². The number of ether oxygens (including phenoxy) is 1. The van der Waals surface area contributed by atoms with E-state index >= 15 is 0 Å². The molecule has 4 aromatic carbocycles. The van der Waals surface area contributed by atoms with Crippen molar-refractivity contribution in [2.24, 2.45) is 0 Å². The predicted octanol–water partition coefficient (Wildman–Crippen LogP) is 5.52. The summed E-state index contributed by atoms with van der Waals surface area (Å²) < 4.78 is 4.75. The maximum absolute atomic E-state index is 13.2. The molecule has 3 N–H and O–H groups in total. The van der Waals surface area contributed by atoms with Crippen molar-refractivity contribution in [3.05, 3.63) is 136 Å². The number of methoxy groups -OCH3 is 1. The number of amides is 3. The first-order valence-electron chi connectivity index (χ1n) is 13.1. The van der Waals surface area contributed by atoms with Crippen molar-refractivity contribution in [3.63, 3.8) is 0 Å². The van der Waals surface area contributed by atoms with Crippen LogP contribution in [-0.4, -0.2) is 41.5 Å². The molecular weight excluding hydrogens is 584 g/mol. The minimum atomic E-state index is -0.614. The monoisotopic (exact) mass is 610 g/mol. The minimum absolute atomic E-state index is 0.0643. The molecule has 0 spiro atoms. The van der Waals surface area contributed by atoms with E-state index in [2.05, 4.69) is 16.0 Å². The standard InChI is InChI=1S/C32H26N4O7S/c1-43-32(40)26-9-5-6-10-27(26)34-29(37)20-44-25-17-13-23(14-18-25)33-31(39)28(35-30(38)22-7-3-2-4-8-22)19-21-11-15-24(16-12-21)36(41)42/h2-19H,20H2,1H3,(H,33,39)(H,34,37)(H,35,38)/b28-19-. The third-order valence-corrected chi connectivity index (χ3v) is 7.04. The Balaban J connectivity index is 1.42. The van der Waals surface area contributed by atoms with Gasteiger partial charge in [0.1, 0.15) is 5.70 Å². The van der Waals surface area contributed by atoms with Gasteiger partial charge in [0.15, 0.2) is 0 Å². The van der Waals surface area contributed by atoms with Crippen molar-refractivity contribution >= 4 is 58.6 Å². The van der Waals surface area contributed by atoms with Crippen LogP contribution in [0.1, 0.15) is 26.3 Å². The number of hydrogen-bond acceptors (Lipinski definition) is 8. The average Bonchev–Trinajstić information content (AvgIpc) is 3.04. The smallest absolute Gasteiger partial charge is 0.339 e. The number of para-hydroxylation sites is 1. The molecule has 0 unspecified atom stereocenters. The number of rotatable bonds is 11. The van der Waals surface area contributed by atoms with Gasteiger partial charge in [0.05, 0.1) is 29.0 Å². The molecule has 0 aliphatic heterocycles. The molecule has 222 valence electrons. The van der Waals surface area contributed by atoms with Crippen LogP contribution in [0.15, 0.2) is 114 Å². The molecule has 4 aromatic rings. The van der Waals surface area contributed by atoms with Crippen LogP contribution in [0.2, 0.25) is 0 Å². The zero-order valence-corrected chi connectivity index (χ0v) is 24.1. The first-order valence-corrected chi connectivity index (χ1v) is 14.1. The minimum Gasteiger partial charge on any atom is -0.465 e. The van der Waals surface area contributed by atoms with E-state index in [4.69, 9.17) is 4.74 Å². The van der Waals surface area contributed by atoms with Crippen molar-refractivity contribution < 1.29 is 28.8 Å². The maximum atomic E-state index is 13.2. The van der Waals surface area contributed by atoms with Gasteiger partial charge in [0.25, 0.3) is 17.5 Å². The third-order valence-electron chi connectivity index (χ3n) is 6.03. The molecule has 0 bridgehead atoms. The summed E-state index contributed by atoms with van der Waals surface area (Å²) in [5.41, 5.74) is 1.65. The second-order valence-corrected chi connectivity index (χ2v) is 10.1. The van der Waals surface area contributed by atoms with Crippen LogP contribution in [0.3, 0.4) is 0 Å². The van der Waals surface area contributed by atoms with Crippen molar-refractivity contribution in [1.29, 1.82) is 0 Å². The molecule has 0 aromatic heterocycles. The largest absolute Gasteiger partial charge is 0.465 e. The molecule has 11 nitrogen and oxygen atoms in total. The van der Waals surface area contributed by atoms with Gasteiger partial charge in [0.2, 0.25) is 5.91 Å². The van der Waals surface area contributed by atoms with Crippen molar-refractivity contribution in [2.75, 3.05) is 23.5 Å². The van der Waals surface area contributed by atoms with Crippen LogP contribution in [0.4, 0.5) is 17.1 Å². The number of anilines is 2. The average molecular weight is 611 g/mol. The Bertz CT molecular complexity index is 1710. The van der Waals surface area contributed by atoms with Gasteiger partial charge in [-0.15, -0.1) is 11.8 Å². The molecule has 44 heavy (non-hydrogen) atoms. The van der Waals surface area contributed by atoms with Crippen molar-refractivity contribution in [2.45, 2.75) is 4.90 Å². The molecule has 0 aliphatic carbocycles. The van der Waals surface area contributed by atoms with E-state index in [1.807, 2.05) is 0 Å². The highest BCUT2D eigenvalue weighted by atomic mass is 32.2. The second kappa shape index (κ2) is 14.9. The molecular formula is C32H26N4O7S. The Morgan fingerprint density at radius 3 is 2.16 bits per heavy atom. The van der Waals surface area contributed by atoms with E-state index in [0.717, 1.165) is 4.90 Å². The summed E-state index contributed by atoms with van der Waals surface area (Å²) in [4.78, 5) is 61.7. The molecule has 3 amide bonds. The molecule has 4 rings (SSSR count). The molecule has 0 saturated heterocycles. The summed E-state index contributed by atoms with van der Waals surface area (Å²) in [6.07, 6.45) is 1.42. The number of esters is 1. The molecule has 0 heterocycles. The summed E-state index contributed by atoms with van der Waals surface area (Å²) in [5.74, 6) is -1.94. The Morgan fingerprint density at radius 1 is 0.841 bits per heavy atom. The van der Waals surface area contributed by atoms with Crippen LogP contribution in [0.25, 0.3) is 6.08 Å². The molecule has 0 atom stereocenters. The van der Waals surface area contributed by atoms with E-state index in [9.17, 15) is 29.3 Å². The van der Waals surface area contributed by atoms with Gasteiger partial charge >= 0.3 is 5.97 Å². The van der Waals surface area contributed by atoms with Gasteiger partial charge in [-0.2, -0.15) is 0 Å². The van der Waals surface area contributed by atoms with Gasteiger partial charge < -0.3 is 20.7 Å². The number of thioether (sulfide) groups is 1. The molecule has 0 radical (unpaired) electrons. The van der Waals surface area contributed by atoms with Crippen LogP contribution < -0.4 is 16.0 Å². The Hall–Kier alpha value is -5.75. The van der Waals surface area contributed by atoms with Gasteiger partial charge in [-0.05, 0) is 72.3 Å². The number of carbonyl (C=O) groups excluding carboxylic acids is 4. The van der Waals surface area contributed by atoms with E-state index in [0.29, 0.717) is 22.5 Å². The topological polar surface area (TPSA) is 157 Å². The lowest BCUT2D eigenvalue weighted by Gasteiger charge is -2.12. The highest BCUT2D eigenvalue weighted by Crippen LogP contribution is 2.22. The number of non-ortho nitro benzene ring substituents is 1. The zero-order chi connectivity index (χ0) is 31.5. The number of nitro groups is 1. The zero-order valence-electron chi connectivity index (χ0n) is 23.3. The predicted molar refractivity (Wildman–Crippen MR) is 167 cm³/mol. The third kappa shape index (κ3) is 8.63. The number of nitrogens with zero attached hydrogens (tertiary/aromatic N) is 1. The summed E-state index contributed by atoms with van der Waals surface area (Å²) >= 11 is 1.26. The molecule has 12 heteroatoms. The summed E-state index contributed by atoms with van der Waals surface area (Å²) in [6.45, 7) is 0. The van der Waals surface area contributed by atoms with Gasteiger partial charge in [0, 0.05) is 28.3 Å². The fourth-order valence-electron chi connectivity index (χ4n) is 3.85. The molecule has 0 aliphatic rings. The normalized spacial score (nSPS) is 10.8. The highest BCUT2D eigenvalue weighted by molar-refractivity contribution is 8.00. The molecule has 0 saturated carbocycles. The molecule has 0 fully saturated rings. The van der Waals surface area contributed by atoms with Gasteiger partial charge in [-0.25, -0.2) is 4.79 Å². The Morgan fingerprint density at radius 2 is 1.50 bits per heavy atom. The quantitative estimate of drug-likeness (QED) is 0.0659. The van der Waals surface area contributed by atoms with Crippen LogP contribution in [0, 0.1) is 10.1 Å². The van der Waals surface area contributed by atoms with E-state index < -0.39 is 22.7 Å². The SMILES string of the molecule is COC(=O)c1ccccc1NC(=O)CSc1ccc(NC(=O)/C(=C/c2ccc([N+](=O)[O-])cc2)NC(=O)c2ccccc2)cc1. The van der Waals surface area contributed by atoms with Crippen molar-refractivity contribution in [3.8, 4) is 0 Å². The van der Waals surface area contributed by atoms with Gasteiger partial charge in [-0.1, -0.05) is 30.3 Å². The lowest BCUT2D eigenvalue weighted by Crippen LogP contribution is -2.30.